The highest BCUT2D eigenvalue weighted by Crippen LogP contribution is 2.29. The molecule has 0 fully saturated rings. The molecular formula is C23H30N4O3. The van der Waals surface area contributed by atoms with E-state index >= 15 is 0 Å². The van der Waals surface area contributed by atoms with E-state index in [1.165, 1.54) is 11.3 Å². The summed E-state index contributed by atoms with van der Waals surface area (Å²) in [6, 6.07) is 13.3. The van der Waals surface area contributed by atoms with E-state index in [-0.39, 0.29) is 6.04 Å². The van der Waals surface area contributed by atoms with Crippen LogP contribution in [0.1, 0.15) is 23.6 Å². The molecule has 0 spiro atoms. The lowest BCUT2D eigenvalue weighted by Gasteiger charge is -2.30. The zero-order chi connectivity index (χ0) is 21.7. The van der Waals surface area contributed by atoms with Crippen molar-refractivity contribution in [1.82, 2.24) is 10.2 Å². The fraction of sp³-hybridized carbons (Fsp3) is 0.391. The predicted molar refractivity (Wildman–Crippen MR) is 119 cm³/mol. The van der Waals surface area contributed by atoms with Crippen molar-refractivity contribution in [3.8, 4) is 5.75 Å². The van der Waals surface area contributed by atoms with Gasteiger partial charge in [-0.05, 0) is 56.3 Å². The van der Waals surface area contributed by atoms with Crippen molar-refractivity contribution < 1.29 is 14.3 Å². The number of benzene rings is 2. The first-order chi connectivity index (χ1) is 14.4. The van der Waals surface area contributed by atoms with Gasteiger partial charge < -0.3 is 25.2 Å². The van der Waals surface area contributed by atoms with E-state index in [1.54, 1.807) is 31.4 Å². The number of nitrogens with one attached hydrogen (secondary N) is 2. The molecule has 1 aliphatic rings. The van der Waals surface area contributed by atoms with Gasteiger partial charge in [0, 0.05) is 37.6 Å². The van der Waals surface area contributed by atoms with Gasteiger partial charge in [0.25, 0.3) is 0 Å². The minimum Gasteiger partial charge on any atom is -0.497 e. The Balaban J connectivity index is 1.64. The third kappa shape index (κ3) is 5.10. The van der Waals surface area contributed by atoms with Gasteiger partial charge >= 0.3 is 11.8 Å². The minimum atomic E-state index is -0.701. The molecule has 7 heteroatoms. The van der Waals surface area contributed by atoms with Crippen molar-refractivity contribution in [2.75, 3.05) is 51.6 Å². The Hall–Kier alpha value is -3.06. The lowest BCUT2D eigenvalue weighted by Crippen LogP contribution is -2.40. The topological polar surface area (TPSA) is 73.9 Å². The molecule has 0 aromatic heterocycles. The Morgan fingerprint density at radius 1 is 1.17 bits per heavy atom. The van der Waals surface area contributed by atoms with Crippen molar-refractivity contribution in [1.29, 1.82) is 0 Å². The normalized spacial score (nSPS) is 14.1. The number of aryl methyl sites for hydroxylation is 1. The number of hydrogen-bond donors (Lipinski definition) is 2. The molecule has 0 unspecified atom stereocenters. The highest BCUT2D eigenvalue weighted by molar-refractivity contribution is 6.39. The molecule has 2 aromatic carbocycles. The van der Waals surface area contributed by atoms with E-state index in [0.717, 1.165) is 24.9 Å². The van der Waals surface area contributed by atoms with Crippen LogP contribution in [0.25, 0.3) is 0 Å². The van der Waals surface area contributed by atoms with Crippen LogP contribution in [-0.4, -0.2) is 58.1 Å². The molecule has 7 nitrogen and oxygen atoms in total. The van der Waals surface area contributed by atoms with Gasteiger partial charge in [-0.2, -0.15) is 0 Å². The van der Waals surface area contributed by atoms with Crippen molar-refractivity contribution in [3.05, 3.63) is 53.6 Å². The lowest BCUT2D eigenvalue weighted by atomic mass is 9.96. The molecule has 2 N–H and O–H groups in total. The van der Waals surface area contributed by atoms with Gasteiger partial charge in [-0.15, -0.1) is 0 Å². The van der Waals surface area contributed by atoms with Gasteiger partial charge in [0.1, 0.15) is 5.75 Å². The van der Waals surface area contributed by atoms with Crippen molar-refractivity contribution in [2.24, 2.45) is 0 Å². The molecule has 2 aromatic rings. The smallest absolute Gasteiger partial charge is 0.313 e. The van der Waals surface area contributed by atoms with Crippen LogP contribution in [0.5, 0.6) is 5.75 Å². The van der Waals surface area contributed by atoms with Gasteiger partial charge in [0.05, 0.1) is 13.2 Å². The van der Waals surface area contributed by atoms with E-state index < -0.39 is 11.8 Å². The number of anilines is 2. The number of likely N-dealkylation sites (N-methyl/N-ethyl adjacent to an activating group) is 1. The van der Waals surface area contributed by atoms with Crippen LogP contribution >= 0.6 is 0 Å². The second-order valence-corrected chi connectivity index (χ2v) is 7.79. The summed E-state index contributed by atoms with van der Waals surface area (Å²) < 4.78 is 5.14. The number of fused-ring (bicyclic) bond motifs is 1. The Labute approximate surface area is 178 Å². The van der Waals surface area contributed by atoms with Crippen molar-refractivity contribution in [3.63, 3.8) is 0 Å². The number of nitrogens with zero attached hydrogens (tertiary/aromatic N) is 2. The molecule has 1 atom stereocenters. The first-order valence-corrected chi connectivity index (χ1v) is 10.1. The zero-order valence-corrected chi connectivity index (χ0v) is 18.1. The van der Waals surface area contributed by atoms with Crippen LogP contribution in [0.4, 0.5) is 11.4 Å². The van der Waals surface area contributed by atoms with Crippen LogP contribution in [0.2, 0.25) is 0 Å². The average molecular weight is 411 g/mol. The lowest BCUT2D eigenvalue weighted by molar-refractivity contribution is -0.136. The maximum Gasteiger partial charge on any atom is 0.313 e. The Kier molecular flexibility index (Phi) is 6.95. The Morgan fingerprint density at radius 2 is 1.97 bits per heavy atom. The number of ether oxygens (including phenoxy) is 1. The molecule has 1 aliphatic heterocycles. The number of methoxy groups -OCH3 is 1. The molecule has 0 radical (unpaired) electrons. The monoisotopic (exact) mass is 410 g/mol. The average Bonchev–Trinajstić information content (AvgIpc) is 2.73. The molecule has 0 aliphatic carbocycles. The third-order valence-electron chi connectivity index (χ3n) is 5.45. The summed E-state index contributed by atoms with van der Waals surface area (Å²) in [6.07, 6.45) is 2.20. The summed E-state index contributed by atoms with van der Waals surface area (Å²) >= 11 is 0. The molecule has 1 heterocycles. The standard InChI is InChI=1S/C23H30N4O3/c1-26(2)21(17-10-11-20-16(13-17)7-6-12-27(20)3)15-24-22(28)23(29)25-18-8-5-9-19(14-18)30-4/h5,8-11,13-14,21H,6-7,12,15H2,1-4H3,(H,24,28)(H,25,29)/t21-/m1/s1. The van der Waals surface area contributed by atoms with E-state index in [1.807, 2.05) is 14.1 Å². The molecular weight excluding hydrogens is 380 g/mol. The fourth-order valence-corrected chi connectivity index (χ4v) is 3.77. The van der Waals surface area contributed by atoms with Crippen LogP contribution < -0.4 is 20.3 Å². The summed E-state index contributed by atoms with van der Waals surface area (Å²) in [5.41, 5.74) is 4.24. The molecule has 160 valence electrons. The Morgan fingerprint density at radius 3 is 2.70 bits per heavy atom. The second kappa shape index (κ2) is 9.63. The molecule has 30 heavy (non-hydrogen) atoms. The maximum atomic E-state index is 12.4. The summed E-state index contributed by atoms with van der Waals surface area (Å²) in [5, 5.41) is 5.37. The van der Waals surface area contributed by atoms with E-state index in [9.17, 15) is 9.59 Å². The van der Waals surface area contributed by atoms with Gasteiger partial charge in [-0.1, -0.05) is 18.2 Å². The summed E-state index contributed by atoms with van der Waals surface area (Å²) in [4.78, 5) is 29.0. The maximum absolute atomic E-state index is 12.4. The highest BCUT2D eigenvalue weighted by atomic mass is 16.5. The van der Waals surface area contributed by atoms with Crippen molar-refractivity contribution >= 4 is 23.2 Å². The van der Waals surface area contributed by atoms with E-state index in [0.29, 0.717) is 18.0 Å². The zero-order valence-electron chi connectivity index (χ0n) is 18.1. The van der Waals surface area contributed by atoms with E-state index in [2.05, 4.69) is 45.7 Å². The van der Waals surface area contributed by atoms with E-state index in [4.69, 9.17) is 4.74 Å². The first-order valence-electron chi connectivity index (χ1n) is 10.1. The summed E-state index contributed by atoms with van der Waals surface area (Å²) in [6.45, 7) is 1.41. The first kappa shape index (κ1) is 21.6. The number of hydrogen-bond acceptors (Lipinski definition) is 5. The Bertz CT molecular complexity index is 913. The van der Waals surface area contributed by atoms with Crippen LogP contribution in [-0.2, 0) is 16.0 Å². The van der Waals surface area contributed by atoms with Gasteiger partial charge in [-0.3, -0.25) is 9.59 Å². The molecule has 3 rings (SSSR count). The fourth-order valence-electron chi connectivity index (χ4n) is 3.77. The predicted octanol–water partition coefficient (Wildman–Crippen LogP) is 2.44. The second-order valence-electron chi connectivity index (χ2n) is 7.79. The molecule has 0 saturated carbocycles. The SMILES string of the molecule is COc1cccc(NC(=O)C(=O)NC[C@H](c2ccc3c(c2)CCCN3C)N(C)C)c1. The summed E-state index contributed by atoms with van der Waals surface area (Å²) in [7, 11) is 7.60. The number of rotatable bonds is 6. The largest absolute Gasteiger partial charge is 0.497 e. The third-order valence-corrected chi connectivity index (χ3v) is 5.45. The molecule has 0 saturated heterocycles. The number of carbonyl (C=O) groups excluding carboxylic acids is 2. The molecule has 0 bridgehead atoms. The van der Waals surface area contributed by atoms with Crippen LogP contribution in [0, 0.1) is 0 Å². The highest BCUT2D eigenvalue weighted by Gasteiger charge is 2.21. The summed E-state index contributed by atoms with van der Waals surface area (Å²) in [5.74, 6) is -0.755. The number of carbonyl (C=O) groups is 2. The molecule has 2 amide bonds. The van der Waals surface area contributed by atoms with Gasteiger partial charge in [-0.25, -0.2) is 0 Å². The van der Waals surface area contributed by atoms with Crippen molar-refractivity contribution in [2.45, 2.75) is 18.9 Å². The number of amides is 2. The minimum absolute atomic E-state index is 0.0314. The van der Waals surface area contributed by atoms with Crippen LogP contribution in [0.15, 0.2) is 42.5 Å². The van der Waals surface area contributed by atoms with Gasteiger partial charge in [0.2, 0.25) is 0 Å². The van der Waals surface area contributed by atoms with Gasteiger partial charge in [0.15, 0.2) is 0 Å². The van der Waals surface area contributed by atoms with Crippen LogP contribution in [0.3, 0.4) is 0 Å². The quantitative estimate of drug-likeness (QED) is 0.716.